The highest BCUT2D eigenvalue weighted by molar-refractivity contribution is 6.31. The fourth-order valence-electron chi connectivity index (χ4n) is 1.66. The Morgan fingerprint density at radius 2 is 2.16 bits per heavy atom. The number of hydrogen-bond donors (Lipinski definition) is 1. The molecule has 0 aromatic heterocycles. The minimum absolute atomic E-state index is 0.428. The molecule has 0 spiro atoms. The van der Waals surface area contributed by atoms with Gasteiger partial charge in [-0.05, 0) is 31.0 Å². The zero-order valence-corrected chi connectivity index (χ0v) is 12.5. The molecule has 0 radical (unpaired) electrons. The number of nitrogens with zero attached hydrogens (tertiary/aromatic N) is 1. The molecule has 1 rings (SSSR count). The molecule has 0 aliphatic rings. The summed E-state index contributed by atoms with van der Waals surface area (Å²) in [5.41, 5.74) is 0.915. The summed E-state index contributed by atoms with van der Waals surface area (Å²) in [4.78, 5) is 0. The second-order valence-corrected chi connectivity index (χ2v) is 5.29. The smallest absolute Gasteiger partial charge is 0.184 e. The molecule has 0 fully saturated rings. The molecule has 0 bridgehead atoms. The van der Waals surface area contributed by atoms with Crippen LogP contribution in [0.5, 0.6) is 5.75 Å². The van der Waals surface area contributed by atoms with Crippen molar-refractivity contribution in [3.63, 3.8) is 0 Å². The predicted molar refractivity (Wildman–Crippen MR) is 78.3 cm³/mol. The monoisotopic (exact) mass is 280 g/mol. The van der Waals surface area contributed by atoms with Crippen LogP contribution in [0.2, 0.25) is 5.02 Å². The summed E-state index contributed by atoms with van der Waals surface area (Å²) in [6.07, 6.45) is 0.226. The molecule has 1 atom stereocenters. The quantitative estimate of drug-likeness (QED) is 0.827. The van der Waals surface area contributed by atoms with E-state index in [0.717, 1.165) is 12.1 Å². The van der Waals surface area contributed by atoms with Crippen LogP contribution in [0.1, 0.15) is 32.8 Å². The largest absolute Gasteiger partial charge is 0.475 e. The molecule has 1 N–H and O–H groups in total. The van der Waals surface area contributed by atoms with Gasteiger partial charge >= 0.3 is 0 Å². The molecule has 1 aromatic rings. The third kappa shape index (κ3) is 5.10. The molecule has 0 heterocycles. The van der Waals surface area contributed by atoms with Crippen molar-refractivity contribution in [3.05, 3.63) is 28.8 Å². The SMILES string of the molecule is CCC(C#N)Oc1cccc(Cl)c1CNCC(C)C. The van der Waals surface area contributed by atoms with Gasteiger partial charge in [0.15, 0.2) is 6.10 Å². The molecule has 1 unspecified atom stereocenters. The highest BCUT2D eigenvalue weighted by atomic mass is 35.5. The van der Waals surface area contributed by atoms with E-state index in [-0.39, 0.29) is 0 Å². The second-order valence-electron chi connectivity index (χ2n) is 4.89. The van der Waals surface area contributed by atoms with Gasteiger partial charge < -0.3 is 10.1 Å². The zero-order valence-electron chi connectivity index (χ0n) is 11.7. The first-order chi connectivity index (χ1) is 9.08. The van der Waals surface area contributed by atoms with Crippen molar-refractivity contribution in [1.29, 1.82) is 5.26 Å². The van der Waals surface area contributed by atoms with Crippen LogP contribution in [0.15, 0.2) is 18.2 Å². The summed E-state index contributed by atoms with van der Waals surface area (Å²) in [5.74, 6) is 1.27. The Bertz CT molecular complexity index is 440. The number of rotatable bonds is 7. The van der Waals surface area contributed by atoms with Crippen LogP contribution in [0.3, 0.4) is 0 Å². The van der Waals surface area contributed by atoms with E-state index < -0.39 is 6.10 Å². The Balaban J connectivity index is 2.80. The predicted octanol–water partition coefficient (Wildman–Crippen LogP) is 3.77. The fraction of sp³-hybridized carbons (Fsp3) is 0.533. The van der Waals surface area contributed by atoms with Crippen molar-refractivity contribution in [2.75, 3.05) is 6.54 Å². The van der Waals surface area contributed by atoms with Gasteiger partial charge in [-0.2, -0.15) is 5.26 Å². The molecule has 104 valence electrons. The maximum Gasteiger partial charge on any atom is 0.184 e. The van der Waals surface area contributed by atoms with Crippen molar-refractivity contribution < 1.29 is 4.74 Å². The molecule has 3 nitrogen and oxygen atoms in total. The molecular formula is C15H21ClN2O. The number of hydrogen-bond acceptors (Lipinski definition) is 3. The van der Waals surface area contributed by atoms with Crippen molar-refractivity contribution in [1.82, 2.24) is 5.32 Å². The molecule has 0 saturated carbocycles. The fourth-order valence-corrected chi connectivity index (χ4v) is 1.89. The van der Waals surface area contributed by atoms with Gasteiger partial charge in [-0.25, -0.2) is 0 Å². The Morgan fingerprint density at radius 3 is 2.74 bits per heavy atom. The Labute approximate surface area is 120 Å². The number of benzene rings is 1. The van der Waals surface area contributed by atoms with Crippen LogP contribution in [0, 0.1) is 17.2 Å². The highest BCUT2D eigenvalue weighted by Crippen LogP contribution is 2.27. The average molecular weight is 281 g/mol. The van der Waals surface area contributed by atoms with Crippen LogP contribution >= 0.6 is 11.6 Å². The van der Waals surface area contributed by atoms with Crippen LogP contribution in [0.25, 0.3) is 0 Å². The topological polar surface area (TPSA) is 45.0 Å². The molecule has 0 aliphatic carbocycles. The molecular weight excluding hydrogens is 260 g/mol. The summed E-state index contributed by atoms with van der Waals surface area (Å²) in [5, 5.41) is 13.0. The first-order valence-corrected chi connectivity index (χ1v) is 7.00. The van der Waals surface area contributed by atoms with Crippen molar-refractivity contribution in [2.24, 2.45) is 5.92 Å². The van der Waals surface area contributed by atoms with Gasteiger partial charge in [0.1, 0.15) is 11.8 Å². The van der Waals surface area contributed by atoms with Crippen LogP contribution in [-0.2, 0) is 6.54 Å². The lowest BCUT2D eigenvalue weighted by atomic mass is 10.1. The van der Waals surface area contributed by atoms with E-state index in [2.05, 4.69) is 25.2 Å². The standard InChI is InChI=1S/C15H21ClN2O/c1-4-12(8-17)19-15-7-5-6-14(16)13(15)10-18-9-11(2)3/h5-7,11-12,18H,4,9-10H2,1-3H3. The van der Waals surface area contributed by atoms with E-state index in [0.29, 0.717) is 29.7 Å². The Hall–Kier alpha value is -1.24. The van der Waals surface area contributed by atoms with Crippen LogP contribution in [0.4, 0.5) is 0 Å². The Kier molecular flexibility index (Phi) is 6.69. The van der Waals surface area contributed by atoms with Crippen LogP contribution in [-0.4, -0.2) is 12.6 Å². The minimum Gasteiger partial charge on any atom is -0.475 e. The second kappa shape index (κ2) is 8.04. The minimum atomic E-state index is -0.428. The molecule has 4 heteroatoms. The van der Waals surface area contributed by atoms with E-state index in [9.17, 15) is 0 Å². The summed E-state index contributed by atoms with van der Waals surface area (Å²) < 4.78 is 5.70. The van der Waals surface area contributed by atoms with Crippen molar-refractivity contribution in [3.8, 4) is 11.8 Å². The van der Waals surface area contributed by atoms with Gasteiger partial charge in [0.05, 0.1) is 0 Å². The van der Waals surface area contributed by atoms with E-state index in [4.69, 9.17) is 21.6 Å². The lowest BCUT2D eigenvalue weighted by Gasteiger charge is -2.16. The van der Waals surface area contributed by atoms with Gasteiger partial charge in [0, 0.05) is 17.1 Å². The molecule has 1 aromatic carbocycles. The van der Waals surface area contributed by atoms with E-state index in [1.165, 1.54) is 0 Å². The molecule has 19 heavy (non-hydrogen) atoms. The van der Waals surface area contributed by atoms with E-state index in [1.54, 1.807) is 0 Å². The van der Waals surface area contributed by atoms with Crippen molar-refractivity contribution >= 4 is 11.6 Å². The maximum atomic E-state index is 8.97. The van der Waals surface area contributed by atoms with Gasteiger partial charge in [0.2, 0.25) is 0 Å². The van der Waals surface area contributed by atoms with Gasteiger partial charge in [-0.1, -0.05) is 38.4 Å². The molecule has 0 saturated heterocycles. The number of ether oxygens (including phenoxy) is 1. The van der Waals surface area contributed by atoms with E-state index in [1.807, 2.05) is 25.1 Å². The number of nitriles is 1. The van der Waals surface area contributed by atoms with Crippen LogP contribution < -0.4 is 10.1 Å². The summed E-state index contributed by atoms with van der Waals surface area (Å²) >= 11 is 6.21. The molecule has 0 aliphatic heterocycles. The summed E-state index contributed by atoms with van der Waals surface area (Å²) in [6.45, 7) is 7.80. The first kappa shape index (κ1) is 15.8. The zero-order chi connectivity index (χ0) is 14.3. The Morgan fingerprint density at radius 1 is 1.42 bits per heavy atom. The lowest BCUT2D eigenvalue weighted by Crippen LogP contribution is -2.21. The summed E-state index contributed by atoms with van der Waals surface area (Å²) in [7, 11) is 0. The third-order valence-corrected chi connectivity index (χ3v) is 3.07. The highest BCUT2D eigenvalue weighted by Gasteiger charge is 2.12. The first-order valence-electron chi connectivity index (χ1n) is 6.62. The average Bonchev–Trinajstić information content (AvgIpc) is 2.38. The van der Waals surface area contributed by atoms with Crippen molar-refractivity contribution in [2.45, 2.75) is 39.8 Å². The van der Waals surface area contributed by atoms with Gasteiger partial charge in [-0.3, -0.25) is 0 Å². The van der Waals surface area contributed by atoms with Gasteiger partial charge in [-0.15, -0.1) is 0 Å². The number of halogens is 1. The third-order valence-electron chi connectivity index (χ3n) is 2.71. The normalized spacial score (nSPS) is 12.2. The maximum absolute atomic E-state index is 8.97. The summed E-state index contributed by atoms with van der Waals surface area (Å²) in [6, 6.07) is 7.68. The van der Waals surface area contributed by atoms with E-state index >= 15 is 0 Å². The molecule has 0 amide bonds. The lowest BCUT2D eigenvalue weighted by molar-refractivity contribution is 0.249. The number of nitrogens with one attached hydrogen (secondary N) is 1. The van der Waals surface area contributed by atoms with Gasteiger partial charge in [0.25, 0.3) is 0 Å².